The molecule has 0 saturated carbocycles. The van der Waals surface area contributed by atoms with E-state index in [0.717, 1.165) is 4.47 Å². The molecule has 112 valence electrons. The molecule has 4 nitrogen and oxygen atoms in total. The van der Waals surface area contributed by atoms with Gasteiger partial charge in [-0.15, -0.1) is 0 Å². The number of rotatable bonds is 2. The summed E-state index contributed by atoms with van der Waals surface area (Å²) in [5.41, 5.74) is 0.697. The Morgan fingerprint density at radius 3 is 2.55 bits per heavy atom. The van der Waals surface area contributed by atoms with Gasteiger partial charge in [0.15, 0.2) is 10.4 Å². The summed E-state index contributed by atoms with van der Waals surface area (Å²) in [7, 11) is 0. The molecule has 1 aliphatic heterocycles. The van der Waals surface area contributed by atoms with Gasteiger partial charge in [0.2, 0.25) is 5.90 Å². The zero-order chi connectivity index (χ0) is 15.9. The first kappa shape index (κ1) is 15.8. The highest BCUT2D eigenvalue weighted by atomic mass is 79.9. The lowest BCUT2D eigenvalue weighted by Gasteiger charge is -2.01. The quantitative estimate of drug-likeness (QED) is 0.437. The van der Waals surface area contributed by atoms with Crippen molar-refractivity contribution in [1.82, 2.24) is 0 Å². The summed E-state index contributed by atoms with van der Waals surface area (Å²) < 4.78 is 11.8. The summed E-state index contributed by atoms with van der Waals surface area (Å²) in [4.78, 5) is 16.0. The van der Waals surface area contributed by atoms with Gasteiger partial charge in [-0.3, -0.25) is 0 Å². The predicted molar refractivity (Wildman–Crippen MR) is 91.2 cm³/mol. The summed E-state index contributed by atoms with van der Waals surface area (Å²) in [6.07, 6.45) is 1.49. The largest absolute Gasteiger partial charge is 0.449 e. The Kier molecular flexibility index (Phi) is 4.45. The molecule has 1 aliphatic rings. The van der Waals surface area contributed by atoms with Gasteiger partial charge in [-0.05, 0) is 56.1 Å². The molecule has 0 bridgehead atoms. The van der Waals surface area contributed by atoms with E-state index in [2.05, 4.69) is 36.9 Å². The number of cyclic esters (lactones) is 1. The molecule has 3 rings (SSSR count). The molecule has 0 spiro atoms. The molecule has 2 aromatic rings. The molecule has 0 amide bonds. The second-order valence-corrected chi connectivity index (χ2v) is 6.62. The molecular formula is C14H5Br2Cl2NO3. The monoisotopic (exact) mass is 463 g/mol. The molecule has 0 N–H and O–H groups in total. The first-order valence-corrected chi connectivity index (χ1v) is 8.21. The van der Waals surface area contributed by atoms with E-state index in [4.69, 9.17) is 32.4 Å². The molecule has 22 heavy (non-hydrogen) atoms. The average molecular weight is 466 g/mol. The SMILES string of the molecule is O=C1OC(c2ccc(Cl)c(Cl)c2)=N/C1=C\c1cc(Br)c(Br)o1. The van der Waals surface area contributed by atoms with Crippen LogP contribution in [0.5, 0.6) is 0 Å². The molecule has 0 aliphatic carbocycles. The smallest absolute Gasteiger partial charge is 0.363 e. The van der Waals surface area contributed by atoms with Gasteiger partial charge >= 0.3 is 5.97 Å². The summed E-state index contributed by atoms with van der Waals surface area (Å²) in [6.45, 7) is 0. The third-order valence-corrected chi connectivity index (χ3v) is 5.18. The first-order valence-electron chi connectivity index (χ1n) is 5.87. The van der Waals surface area contributed by atoms with Crippen LogP contribution in [0.4, 0.5) is 0 Å². The van der Waals surface area contributed by atoms with Crippen molar-refractivity contribution >= 4 is 73.0 Å². The second-order valence-electron chi connectivity index (χ2n) is 4.24. The maximum Gasteiger partial charge on any atom is 0.363 e. The summed E-state index contributed by atoms with van der Waals surface area (Å²) in [5, 5.41) is 0.769. The van der Waals surface area contributed by atoms with Crippen LogP contribution in [0.25, 0.3) is 6.08 Å². The van der Waals surface area contributed by atoms with Crippen LogP contribution in [-0.2, 0) is 9.53 Å². The van der Waals surface area contributed by atoms with E-state index in [1.54, 1.807) is 24.3 Å². The third kappa shape index (κ3) is 3.15. The number of carbonyl (C=O) groups is 1. The van der Waals surface area contributed by atoms with Crippen LogP contribution in [0.2, 0.25) is 10.0 Å². The van der Waals surface area contributed by atoms with E-state index in [-0.39, 0.29) is 11.6 Å². The molecule has 1 aromatic carbocycles. The van der Waals surface area contributed by atoms with Crippen LogP contribution in [0.1, 0.15) is 11.3 Å². The van der Waals surface area contributed by atoms with Gasteiger partial charge in [0, 0.05) is 11.6 Å². The Morgan fingerprint density at radius 2 is 1.91 bits per heavy atom. The van der Waals surface area contributed by atoms with Crippen LogP contribution >= 0.6 is 55.1 Å². The standard InChI is InChI=1S/C14H5Br2Cl2NO3/c15-8-4-7(21-12(8)16)5-11-14(20)22-13(19-11)6-1-2-9(17)10(18)3-6/h1-5H/b11-5-. The van der Waals surface area contributed by atoms with Gasteiger partial charge < -0.3 is 9.15 Å². The molecule has 8 heteroatoms. The fourth-order valence-electron chi connectivity index (χ4n) is 1.73. The Labute approximate surface area is 152 Å². The zero-order valence-corrected chi connectivity index (χ0v) is 15.3. The van der Waals surface area contributed by atoms with E-state index in [1.165, 1.54) is 6.08 Å². The predicted octanol–water partition coefficient (Wildman–Crippen LogP) is 5.46. The molecule has 0 radical (unpaired) electrons. The minimum atomic E-state index is -0.565. The Balaban J connectivity index is 1.95. The van der Waals surface area contributed by atoms with Crippen LogP contribution in [0.15, 0.2) is 48.5 Å². The van der Waals surface area contributed by atoms with Crippen LogP contribution in [-0.4, -0.2) is 11.9 Å². The summed E-state index contributed by atoms with van der Waals surface area (Å²) in [6, 6.07) is 6.57. The van der Waals surface area contributed by atoms with Gasteiger partial charge in [0.25, 0.3) is 0 Å². The molecule has 1 aromatic heterocycles. The lowest BCUT2D eigenvalue weighted by Crippen LogP contribution is -2.05. The molecule has 0 unspecified atom stereocenters. The molecule has 0 atom stereocenters. The van der Waals surface area contributed by atoms with Crippen molar-refractivity contribution in [3.05, 3.63) is 60.5 Å². The fourth-order valence-corrected chi connectivity index (χ4v) is 2.64. The van der Waals surface area contributed by atoms with Crippen molar-refractivity contribution in [1.29, 1.82) is 0 Å². The van der Waals surface area contributed by atoms with E-state index < -0.39 is 5.97 Å². The Morgan fingerprint density at radius 1 is 1.14 bits per heavy atom. The first-order chi connectivity index (χ1) is 10.4. The summed E-state index contributed by atoms with van der Waals surface area (Å²) >= 11 is 18.3. The van der Waals surface area contributed by atoms with Crippen molar-refractivity contribution in [2.24, 2.45) is 4.99 Å². The molecule has 0 fully saturated rings. The minimum Gasteiger partial charge on any atom is -0.449 e. The number of benzene rings is 1. The van der Waals surface area contributed by atoms with Crippen LogP contribution in [0, 0.1) is 0 Å². The highest BCUT2D eigenvalue weighted by Gasteiger charge is 2.25. The number of nitrogens with zero attached hydrogens (tertiary/aromatic N) is 1. The number of hydrogen-bond acceptors (Lipinski definition) is 4. The van der Waals surface area contributed by atoms with Crippen LogP contribution in [0.3, 0.4) is 0 Å². The van der Waals surface area contributed by atoms with E-state index in [0.29, 0.717) is 26.0 Å². The number of carbonyl (C=O) groups excluding carboxylic acids is 1. The normalized spacial score (nSPS) is 16.1. The maximum absolute atomic E-state index is 11.9. The van der Waals surface area contributed by atoms with E-state index >= 15 is 0 Å². The zero-order valence-electron chi connectivity index (χ0n) is 10.6. The highest BCUT2D eigenvalue weighted by molar-refractivity contribution is 9.13. The topological polar surface area (TPSA) is 51.8 Å². The van der Waals surface area contributed by atoms with Gasteiger partial charge in [-0.25, -0.2) is 9.79 Å². The van der Waals surface area contributed by atoms with Gasteiger partial charge in [0.05, 0.1) is 14.5 Å². The number of ether oxygens (including phenoxy) is 1. The van der Waals surface area contributed by atoms with Gasteiger partial charge in [-0.1, -0.05) is 23.2 Å². The van der Waals surface area contributed by atoms with Gasteiger partial charge in [0.1, 0.15) is 5.76 Å². The van der Waals surface area contributed by atoms with E-state index in [9.17, 15) is 4.79 Å². The lowest BCUT2D eigenvalue weighted by atomic mass is 10.2. The fraction of sp³-hybridized carbons (Fsp3) is 0. The van der Waals surface area contributed by atoms with Crippen LogP contribution < -0.4 is 0 Å². The van der Waals surface area contributed by atoms with E-state index in [1.807, 2.05) is 0 Å². The number of halogens is 4. The minimum absolute atomic E-state index is 0.134. The van der Waals surface area contributed by atoms with Crippen molar-refractivity contribution in [2.45, 2.75) is 0 Å². The van der Waals surface area contributed by atoms with Gasteiger partial charge in [-0.2, -0.15) is 0 Å². The lowest BCUT2D eigenvalue weighted by molar-refractivity contribution is -0.129. The maximum atomic E-state index is 11.9. The molecule has 0 saturated heterocycles. The number of furan rings is 1. The second kappa shape index (κ2) is 6.20. The Hall–Kier alpha value is -1.08. The van der Waals surface area contributed by atoms with Crippen molar-refractivity contribution in [3.8, 4) is 0 Å². The highest BCUT2D eigenvalue weighted by Crippen LogP contribution is 2.29. The third-order valence-electron chi connectivity index (χ3n) is 2.73. The van der Waals surface area contributed by atoms with Crippen molar-refractivity contribution < 1.29 is 13.9 Å². The molecular weight excluding hydrogens is 461 g/mol. The number of aliphatic imine (C=N–C) groups is 1. The molecule has 2 heterocycles. The van der Waals surface area contributed by atoms with Crippen molar-refractivity contribution in [2.75, 3.05) is 0 Å². The summed E-state index contributed by atoms with van der Waals surface area (Å²) in [5.74, 6) is 0.0639. The number of hydrogen-bond donors (Lipinski definition) is 0. The Bertz CT molecular complexity index is 823. The average Bonchev–Trinajstić information content (AvgIpc) is 2.97. The number of esters is 1. The van der Waals surface area contributed by atoms with Crippen molar-refractivity contribution in [3.63, 3.8) is 0 Å².